The van der Waals surface area contributed by atoms with Crippen LogP contribution in [0.3, 0.4) is 0 Å². The van der Waals surface area contributed by atoms with Crippen LogP contribution in [0.4, 0.5) is 0 Å². The number of hydrogen-bond acceptors (Lipinski definition) is 1. The number of nitrogens with one attached hydrogen (secondary N) is 1. The van der Waals surface area contributed by atoms with E-state index in [1.807, 2.05) is 49.4 Å². The molecule has 0 radical (unpaired) electrons. The maximum Gasteiger partial charge on any atom is 0.244 e. The summed E-state index contributed by atoms with van der Waals surface area (Å²) in [7, 11) is 0. The van der Waals surface area contributed by atoms with Gasteiger partial charge in [0, 0.05) is 17.1 Å². The van der Waals surface area contributed by atoms with Gasteiger partial charge in [-0.2, -0.15) is 0 Å². The number of aryl methyl sites for hydroxylation is 1. The van der Waals surface area contributed by atoms with Crippen LogP contribution >= 0.6 is 11.6 Å². The highest BCUT2D eigenvalue weighted by Gasteiger charge is 2.05. The van der Waals surface area contributed by atoms with Gasteiger partial charge in [0.2, 0.25) is 5.91 Å². The molecule has 1 unspecified atom stereocenters. The van der Waals surface area contributed by atoms with Crippen LogP contribution in [-0.2, 0) is 11.2 Å². The fourth-order valence-corrected chi connectivity index (χ4v) is 2.37. The first-order chi connectivity index (χ1) is 10.6. The maximum atomic E-state index is 11.9. The van der Waals surface area contributed by atoms with E-state index in [2.05, 4.69) is 17.4 Å². The number of rotatable bonds is 6. The summed E-state index contributed by atoms with van der Waals surface area (Å²) in [4.78, 5) is 11.9. The van der Waals surface area contributed by atoms with E-state index in [9.17, 15) is 4.79 Å². The molecule has 2 aromatic carbocycles. The van der Waals surface area contributed by atoms with Crippen molar-refractivity contribution in [3.05, 3.63) is 76.8 Å². The van der Waals surface area contributed by atoms with Crippen LogP contribution < -0.4 is 5.32 Å². The first kappa shape index (κ1) is 16.3. The molecule has 3 heteroatoms. The first-order valence-electron chi connectivity index (χ1n) is 7.41. The third kappa shape index (κ3) is 5.74. The maximum absolute atomic E-state index is 11.9. The van der Waals surface area contributed by atoms with E-state index in [4.69, 9.17) is 11.6 Å². The Labute approximate surface area is 136 Å². The fourth-order valence-electron chi connectivity index (χ4n) is 2.17. The van der Waals surface area contributed by atoms with Crippen molar-refractivity contribution in [2.75, 3.05) is 0 Å². The van der Waals surface area contributed by atoms with Crippen LogP contribution in [0, 0.1) is 0 Å². The van der Waals surface area contributed by atoms with Crippen molar-refractivity contribution in [1.82, 2.24) is 5.32 Å². The molecule has 0 heterocycles. The van der Waals surface area contributed by atoms with E-state index in [1.165, 1.54) is 5.56 Å². The molecule has 1 N–H and O–H groups in total. The minimum Gasteiger partial charge on any atom is -0.350 e. The average molecular weight is 314 g/mol. The molecule has 0 spiro atoms. The predicted molar refractivity (Wildman–Crippen MR) is 92.9 cm³/mol. The lowest BCUT2D eigenvalue weighted by molar-refractivity contribution is -0.117. The Hall–Kier alpha value is -2.06. The summed E-state index contributed by atoms with van der Waals surface area (Å²) in [6.07, 6.45) is 5.19. The van der Waals surface area contributed by atoms with Gasteiger partial charge in [0.05, 0.1) is 0 Å². The topological polar surface area (TPSA) is 29.1 Å². The molecule has 2 rings (SSSR count). The van der Waals surface area contributed by atoms with Crippen LogP contribution in [0.1, 0.15) is 24.5 Å². The zero-order valence-corrected chi connectivity index (χ0v) is 13.4. The molecule has 0 aromatic heterocycles. The molecule has 0 fully saturated rings. The van der Waals surface area contributed by atoms with E-state index in [0.717, 1.165) is 18.4 Å². The molecule has 2 aromatic rings. The largest absolute Gasteiger partial charge is 0.350 e. The summed E-state index contributed by atoms with van der Waals surface area (Å²) >= 11 is 5.91. The lowest BCUT2D eigenvalue weighted by Crippen LogP contribution is -2.31. The second kappa shape index (κ2) is 8.40. The zero-order valence-electron chi connectivity index (χ0n) is 12.6. The number of halogens is 1. The summed E-state index contributed by atoms with van der Waals surface area (Å²) in [6.45, 7) is 2.02. The zero-order chi connectivity index (χ0) is 15.8. The SMILES string of the molecule is CC(CCc1ccccc1)NC(=O)/C=C/c1cccc(Cl)c1. The highest BCUT2D eigenvalue weighted by atomic mass is 35.5. The third-order valence-electron chi connectivity index (χ3n) is 3.37. The Bertz CT molecular complexity index is 637. The van der Waals surface area contributed by atoms with Crippen LogP contribution in [0.15, 0.2) is 60.7 Å². The van der Waals surface area contributed by atoms with Crippen molar-refractivity contribution in [3.8, 4) is 0 Å². The van der Waals surface area contributed by atoms with Crippen molar-refractivity contribution < 1.29 is 4.79 Å². The fraction of sp³-hybridized carbons (Fsp3) is 0.211. The van der Waals surface area contributed by atoms with E-state index in [-0.39, 0.29) is 11.9 Å². The van der Waals surface area contributed by atoms with Crippen LogP contribution in [0.2, 0.25) is 5.02 Å². The molecule has 0 aliphatic rings. The van der Waals surface area contributed by atoms with Gasteiger partial charge in [-0.1, -0.05) is 54.1 Å². The van der Waals surface area contributed by atoms with Gasteiger partial charge in [-0.3, -0.25) is 4.79 Å². The molecule has 114 valence electrons. The molecule has 0 saturated carbocycles. The molecule has 1 amide bonds. The lowest BCUT2D eigenvalue weighted by atomic mass is 10.1. The Morgan fingerprint density at radius 2 is 1.95 bits per heavy atom. The first-order valence-corrected chi connectivity index (χ1v) is 7.79. The Kier molecular flexibility index (Phi) is 6.23. The molecular weight excluding hydrogens is 294 g/mol. The summed E-state index contributed by atoms with van der Waals surface area (Å²) in [5.74, 6) is -0.0828. The molecule has 22 heavy (non-hydrogen) atoms. The third-order valence-corrected chi connectivity index (χ3v) is 3.61. The minimum absolute atomic E-state index is 0.0828. The van der Waals surface area contributed by atoms with Crippen LogP contribution in [0.5, 0.6) is 0 Å². The minimum atomic E-state index is -0.0828. The van der Waals surface area contributed by atoms with Crippen molar-refractivity contribution in [2.45, 2.75) is 25.8 Å². The van der Waals surface area contributed by atoms with E-state index in [0.29, 0.717) is 5.02 Å². The van der Waals surface area contributed by atoms with Gasteiger partial charge in [-0.15, -0.1) is 0 Å². The Morgan fingerprint density at radius 1 is 1.18 bits per heavy atom. The van der Waals surface area contributed by atoms with Gasteiger partial charge in [-0.05, 0) is 49.1 Å². The van der Waals surface area contributed by atoms with Crippen molar-refractivity contribution in [1.29, 1.82) is 0 Å². The number of carbonyl (C=O) groups excluding carboxylic acids is 1. The summed E-state index contributed by atoms with van der Waals surface area (Å²) in [5, 5.41) is 3.64. The Balaban J connectivity index is 1.78. The monoisotopic (exact) mass is 313 g/mol. The quantitative estimate of drug-likeness (QED) is 0.782. The molecule has 1 atom stereocenters. The molecule has 2 nitrogen and oxygen atoms in total. The Morgan fingerprint density at radius 3 is 2.68 bits per heavy atom. The van der Waals surface area contributed by atoms with Crippen LogP contribution in [0.25, 0.3) is 6.08 Å². The normalized spacial score (nSPS) is 12.3. The van der Waals surface area contributed by atoms with Crippen LogP contribution in [-0.4, -0.2) is 11.9 Å². The highest BCUT2D eigenvalue weighted by molar-refractivity contribution is 6.30. The summed E-state index contributed by atoms with van der Waals surface area (Å²) in [5.41, 5.74) is 2.21. The van der Waals surface area contributed by atoms with Crippen molar-refractivity contribution in [3.63, 3.8) is 0 Å². The lowest BCUT2D eigenvalue weighted by Gasteiger charge is -2.12. The number of amides is 1. The highest BCUT2D eigenvalue weighted by Crippen LogP contribution is 2.11. The molecule has 0 saturated heterocycles. The number of carbonyl (C=O) groups is 1. The smallest absolute Gasteiger partial charge is 0.244 e. The number of hydrogen-bond donors (Lipinski definition) is 1. The van der Waals surface area contributed by atoms with E-state index < -0.39 is 0 Å². The number of benzene rings is 2. The standard InChI is InChI=1S/C19H20ClNO/c1-15(10-11-16-6-3-2-4-7-16)21-19(22)13-12-17-8-5-9-18(20)14-17/h2-9,12-15H,10-11H2,1H3,(H,21,22)/b13-12+. The molecule has 0 aliphatic carbocycles. The van der Waals surface area contributed by atoms with Gasteiger partial charge >= 0.3 is 0 Å². The predicted octanol–water partition coefficient (Wildman–Crippen LogP) is 4.49. The summed E-state index contributed by atoms with van der Waals surface area (Å²) in [6, 6.07) is 17.8. The van der Waals surface area contributed by atoms with Crippen molar-refractivity contribution >= 4 is 23.6 Å². The average Bonchev–Trinajstić information content (AvgIpc) is 2.52. The van der Waals surface area contributed by atoms with Crippen molar-refractivity contribution in [2.24, 2.45) is 0 Å². The van der Waals surface area contributed by atoms with E-state index >= 15 is 0 Å². The second-order valence-electron chi connectivity index (χ2n) is 5.32. The summed E-state index contributed by atoms with van der Waals surface area (Å²) < 4.78 is 0. The van der Waals surface area contributed by atoms with Gasteiger partial charge in [0.1, 0.15) is 0 Å². The van der Waals surface area contributed by atoms with E-state index in [1.54, 1.807) is 12.2 Å². The molecular formula is C19H20ClNO. The second-order valence-corrected chi connectivity index (χ2v) is 5.76. The van der Waals surface area contributed by atoms with Gasteiger partial charge in [-0.25, -0.2) is 0 Å². The molecule has 0 aliphatic heterocycles. The molecule has 0 bridgehead atoms. The van der Waals surface area contributed by atoms with Gasteiger partial charge in [0.15, 0.2) is 0 Å². The van der Waals surface area contributed by atoms with Gasteiger partial charge in [0.25, 0.3) is 0 Å². The van der Waals surface area contributed by atoms with Gasteiger partial charge < -0.3 is 5.32 Å².